The molecule has 0 saturated heterocycles. The standard InChI is InChI=1S/C19H22N4O3S/c1-2-20-27(24,25)23-15-8-10-17-14(11-15)12-26-19(21-17)22-18-9-7-13-5-3-4-6-16(13)18/h3-6,8,10-11,18,20,23H,2,7,9,12H2,1H3,(H,21,22)/t18-/m1/s1. The van der Waals surface area contributed by atoms with Gasteiger partial charge in [0.2, 0.25) is 0 Å². The molecule has 2 aromatic carbocycles. The smallest absolute Gasteiger partial charge is 0.299 e. The average Bonchev–Trinajstić information content (AvgIpc) is 3.04. The summed E-state index contributed by atoms with van der Waals surface area (Å²) in [5.74, 6) is 0. The second-order valence-electron chi connectivity index (χ2n) is 6.58. The highest BCUT2D eigenvalue weighted by Crippen LogP contribution is 2.34. The SMILES string of the molecule is CCNS(=O)(=O)Nc1ccc2c(c1)COC(=N[C@@H]1CCc3ccccc31)N2. The van der Waals surface area contributed by atoms with E-state index in [1.165, 1.54) is 11.1 Å². The molecule has 2 aromatic rings. The number of nitrogens with one attached hydrogen (secondary N) is 3. The molecule has 4 rings (SSSR count). The van der Waals surface area contributed by atoms with Crippen molar-refractivity contribution in [1.29, 1.82) is 0 Å². The van der Waals surface area contributed by atoms with Crippen molar-refractivity contribution in [3.8, 4) is 0 Å². The number of aliphatic imine (C=N–C) groups is 1. The molecule has 2 aliphatic rings. The third-order valence-corrected chi connectivity index (χ3v) is 5.85. The number of benzene rings is 2. The lowest BCUT2D eigenvalue weighted by Gasteiger charge is -2.22. The van der Waals surface area contributed by atoms with Gasteiger partial charge in [-0.15, -0.1) is 0 Å². The van der Waals surface area contributed by atoms with Crippen LogP contribution in [0.3, 0.4) is 0 Å². The fourth-order valence-corrected chi connectivity index (χ4v) is 4.35. The van der Waals surface area contributed by atoms with Gasteiger partial charge >= 0.3 is 0 Å². The molecule has 3 N–H and O–H groups in total. The number of hydrogen-bond donors (Lipinski definition) is 3. The molecule has 1 aliphatic heterocycles. The van der Waals surface area contributed by atoms with E-state index in [1.54, 1.807) is 19.1 Å². The van der Waals surface area contributed by atoms with Crippen molar-refractivity contribution >= 4 is 27.6 Å². The molecule has 0 unspecified atom stereocenters. The second kappa shape index (κ2) is 7.21. The first-order valence-electron chi connectivity index (χ1n) is 9.00. The summed E-state index contributed by atoms with van der Waals surface area (Å²) < 4.78 is 34.3. The molecule has 1 atom stereocenters. The predicted molar refractivity (Wildman–Crippen MR) is 106 cm³/mol. The van der Waals surface area contributed by atoms with E-state index >= 15 is 0 Å². The van der Waals surface area contributed by atoms with Gasteiger partial charge in [0, 0.05) is 17.8 Å². The van der Waals surface area contributed by atoms with Crippen molar-refractivity contribution in [1.82, 2.24) is 4.72 Å². The number of rotatable bonds is 5. The Morgan fingerprint density at radius 3 is 2.93 bits per heavy atom. The van der Waals surface area contributed by atoms with E-state index in [2.05, 4.69) is 33.0 Å². The minimum atomic E-state index is -3.55. The van der Waals surface area contributed by atoms with Crippen LogP contribution in [0, 0.1) is 0 Å². The highest BCUT2D eigenvalue weighted by Gasteiger charge is 2.24. The van der Waals surface area contributed by atoms with Crippen LogP contribution in [0.15, 0.2) is 47.5 Å². The van der Waals surface area contributed by atoms with Gasteiger partial charge in [-0.3, -0.25) is 4.72 Å². The molecular formula is C19H22N4O3S. The van der Waals surface area contributed by atoms with Gasteiger partial charge in [0.05, 0.1) is 11.7 Å². The zero-order valence-electron chi connectivity index (χ0n) is 15.0. The van der Waals surface area contributed by atoms with Crippen molar-refractivity contribution in [2.45, 2.75) is 32.4 Å². The highest BCUT2D eigenvalue weighted by molar-refractivity contribution is 7.90. The zero-order chi connectivity index (χ0) is 18.9. The van der Waals surface area contributed by atoms with Crippen molar-refractivity contribution < 1.29 is 13.2 Å². The average molecular weight is 386 g/mol. The number of aryl methyl sites for hydroxylation is 1. The summed E-state index contributed by atoms with van der Waals surface area (Å²) in [6, 6.07) is 14.3. The number of anilines is 2. The summed E-state index contributed by atoms with van der Waals surface area (Å²) in [6.45, 7) is 2.40. The van der Waals surface area contributed by atoms with Crippen LogP contribution < -0.4 is 14.8 Å². The second-order valence-corrected chi connectivity index (χ2v) is 8.08. The molecule has 0 fully saturated rings. The first kappa shape index (κ1) is 17.8. The van der Waals surface area contributed by atoms with Crippen LogP contribution in [0.1, 0.15) is 36.1 Å². The Kier molecular flexibility index (Phi) is 4.75. The van der Waals surface area contributed by atoms with Crippen LogP contribution in [0.25, 0.3) is 0 Å². The lowest BCUT2D eigenvalue weighted by molar-refractivity contribution is 0.282. The first-order chi connectivity index (χ1) is 13.0. The van der Waals surface area contributed by atoms with E-state index < -0.39 is 10.2 Å². The van der Waals surface area contributed by atoms with Crippen LogP contribution in [-0.4, -0.2) is 21.0 Å². The summed E-state index contributed by atoms with van der Waals surface area (Å²) in [4.78, 5) is 4.74. The molecule has 7 nitrogen and oxygen atoms in total. The van der Waals surface area contributed by atoms with Crippen molar-refractivity contribution in [2.75, 3.05) is 16.6 Å². The maximum absolute atomic E-state index is 11.8. The van der Waals surface area contributed by atoms with E-state index in [1.807, 2.05) is 12.1 Å². The molecule has 0 amide bonds. The van der Waals surface area contributed by atoms with E-state index in [0.29, 0.717) is 24.9 Å². The third-order valence-electron chi connectivity index (χ3n) is 4.67. The summed E-state index contributed by atoms with van der Waals surface area (Å²) in [6.07, 6.45) is 2.01. The summed E-state index contributed by atoms with van der Waals surface area (Å²) in [5, 5.41) is 3.20. The molecule has 1 aliphatic carbocycles. The lowest BCUT2D eigenvalue weighted by atomic mass is 10.1. The van der Waals surface area contributed by atoms with Gasteiger partial charge in [0.25, 0.3) is 16.2 Å². The van der Waals surface area contributed by atoms with Gasteiger partial charge in [-0.2, -0.15) is 13.1 Å². The molecule has 0 spiro atoms. The molecule has 8 heteroatoms. The van der Waals surface area contributed by atoms with Gasteiger partial charge in [-0.1, -0.05) is 31.2 Å². The Hall–Kier alpha value is -2.58. The number of nitrogens with zero attached hydrogens (tertiary/aromatic N) is 1. The highest BCUT2D eigenvalue weighted by atomic mass is 32.2. The molecular weight excluding hydrogens is 364 g/mol. The maximum Gasteiger partial charge on any atom is 0.299 e. The van der Waals surface area contributed by atoms with Gasteiger partial charge in [-0.25, -0.2) is 4.99 Å². The number of hydrogen-bond acceptors (Lipinski definition) is 4. The zero-order valence-corrected chi connectivity index (χ0v) is 15.8. The molecule has 0 aromatic heterocycles. The quantitative estimate of drug-likeness (QED) is 0.737. The van der Waals surface area contributed by atoms with E-state index in [9.17, 15) is 8.42 Å². The summed E-state index contributed by atoms with van der Waals surface area (Å²) >= 11 is 0. The Labute approximate surface area is 159 Å². The van der Waals surface area contributed by atoms with Gasteiger partial charge in [0.15, 0.2) is 0 Å². The molecule has 0 bridgehead atoms. The van der Waals surface area contributed by atoms with Crippen molar-refractivity contribution in [2.24, 2.45) is 4.99 Å². The third kappa shape index (κ3) is 3.91. The van der Waals surface area contributed by atoms with Crippen LogP contribution in [0.4, 0.5) is 11.4 Å². The Morgan fingerprint density at radius 2 is 2.07 bits per heavy atom. The first-order valence-corrected chi connectivity index (χ1v) is 10.5. The predicted octanol–water partition coefficient (Wildman–Crippen LogP) is 2.94. The Balaban J connectivity index is 1.50. The largest absolute Gasteiger partial charge is 0.460 e. The maximum atomic E-state index is 11.8. The lowest BCUT2D eigenvalue weighted by Crippen LogP contribution is -2.30. The summed E-state index contributed by atoms with van der Waals surface area (Å²) in [5.41, 5.74) is 4.84. The van der Waals surface area contributed by atoms with Crippen molar-refractivity contribution in [3.63, 3.8) is 0 Å². The molecule has 0 radical (unpaired) electrons. The molecule has 142 valence electrons. The molecule has 0 saturated carbocycles. The molecule has 27 heavy (non-hydrogen) atoms. The summed E-state index contributed by atoms with van der Waals surface area (Å²) in [7, 11) is -3.55. The van der Waals surface area contributed by atoms with E-state index in [-0.39, 0.29) is 6.04 Å². The topological polar surface area (TPSA) is 91.8 Å². The fraction of sp³-hybridized carbons (Fsp3) is 0.316. The van der Waals surface area contributed by atoms with E-state index in [4.69, 9.17) is 9.73 Å². The number of amidine groups is 1. The Bertz CT molecular complexity index is 988. The molecule has 1 heterocycles. The van der Waals surface area contributed by atoms with Crippen LogP contribution in [0.5, 0.6) is 0 Å². The number of fused-ring (bicyclic) bond motifs is 2. The van der Waals surface area contributed by atoms with Crippen LogP contribution >= 0.6 is 0 Å². The van der Waals surface area contributed by atoms with Crippen molar-refractivity contribution in [3.05, 3.63) is 59.2 Å². The number of ether oxygens (including phenoxy) is 1. The van der Waals surface area contributed by atoms with Crippen LogP contribution in [-0.2, 0) is 28.0 Å². The fourth-order valence-electron chi connectivity index (χ4n) is 3.46. The minimum Gasteiger partial charge on any atom is -0.460 e. The van der Waals surface area contributed by atoms with Gasteiger partial charge < -0.3 is 10.1 Å². The normalized spacial score (nSPS) is 19.7. The minimum absolute atomic E-state index is 0.108. The van der Waals surface area contributed by atoms with Gasteiger partial charge in [0.1, 0.15) is 6.61 Å². The monoisotopic (exact) mass is 386 g/mol. The van der Waals surface area contributed by atoms with Gasteiger partial charge in [-0.05, 0) is 42.2 Å². The Morgan fingerprint density at radius 1 is 1.22 bits per heavy atom. The van der Waals surface area contributed by atoms with E-state index in [0.717, 1.165) is 24.1 Å². The van der Waals surface area contributed by atoms with Crippen LogP contribution in [0.2, 0.25) is 0 Å².